The molecule has 0 aromatic rings. The number of hydrogen-bond donors (Lipinski definition) is 2. The summed E-state index contributed by atoms with van der Waals surface area (Å²) in [7, 11) is 0. The standard InChI is InChI=1S/C13H25NO/c15-13-8-3-1-2-6-11(13)10-12-7-4-5-9-14-12/h11-15H,1-10H2/t11-,12+,13+/m0/s1. The van der Waals surface area contributed by atoms with Gasteiger partial charge < -0.3 is 10.4 Å². The molecule has 0 aromatic heterocycles. The summed E-state index contributed by atoms with van der Waals surface area (Å²) >= 11 is 0. The van der Waals surface area contributed by atoms with Gasteiger partial charge in [-0.25, -0.2) is 0 Å². The van der Waals surface area contributed by atoms with Crippen LogP contribution in [0.5, 0.6) is 0 Å². The number of hydrogen-bond acceptors (Lipinski definition) is 2. The van der Waals surface area contributed by atoms with E-state index in [0.717, 1.165) is 6.42 Å². The summed E-state index contributed by atoms with van der Waals surface area (Å²) in [5, 5.41) is 13.6. The van der Waals surface area contributed by atoms with E-state index in [1.54, 1.807) is 0 Å². The van der Waals surface area contributed by atoms with Crippen LogP contribution >= 0.6 is 0 Å². The Morgan fingerprint density at radius 2 is 1.73 bits per heavy atom. The van der Waals surface area contributed by atoms with Gasteiger partial charge in [-0.2, -0.15) is 0 Å². The summed E-state index contributed by atoms with van der Waals surface area (Å²) in [6.45, 7) is 1.19. The van der Waals surface area contributed by atoms with Gasteiger partial charge in [0.05, 0.1) is 6.10 Å². The van der Waals surface area contributed by atoms with Crippen molar-refractivity contribution in [3.05, 3.63) is 0 Å². The maximum absolute atomic E-state index is 10.1. The lowest BCUT2D eigenvalue weighted by molar-refractivity contribution is 0.0869. The van der Waals surface area contributed by atoms with Gasteiger partial charge >= 0.3 is 0 Å². The van der Waals surface area contributed by atoms with Crippen LogP contribution in [0.1, 0.15) is 57.8 Å². The second kappa shape index (κ2) is 5.86. The second-order valence-corrected chi connectivity index (χ2v) is 5.35. The summed E-state index contributed by atoms with van der Waals surface area (Å²) in [5.41, 5.74) is 0. The molecule has 0 amide bonds. The van der Waals surface area contributed by atoms with Gasteiger partial charge in [0.15, 0.2) is 0 Å². The molecule has 3 atom stereocenters. The maximum atomic E-state index is 10.1. The highest BCUT2D eigenvalue weighted by molar-refractivity contribution is 4.80. The lowest BCUT2D eigenvalue weighted by Crippen LogP contribution is -2.37. The molecule has 1 aliphatic carbocycles. The highest BCUT2D eigenvalue weighted by atomic mass is 16.3. The van der Waals surface area contributed by atoms with Gasteiger partial charge in [-0.3, -0.25) is 0 Å². The minimum absolute atomic E-state index is 0.0174. The van der Waals surface area contributed by atoms with Crippen molar-refractivity contribution >= 4 is 0 Å². The number of nitrogens with one attached hydrogen (secondary N) is 1. The summed E-state index contributed by atoms with van der Waals surface area (Å²) in [6.07, 6.45) is 11.4. The van der Waals surface area contributed by atoms with Crippen LogP contribution in [0.3, 0.4) is 0 Å². The van der Waals surface area contributed by atoms with Gasteiger partial charge in [0.2, 0.25) is 0 Å². The molecule has 15 heavy (non-hydrogen) atoms. The number of rotatable bonds is 2. The molecule has 1 aliphatic heterocycles. The number of piperidine rings is 1. The third-order valence-electron chi connectivity index (χ3n) is 4.12. The molecule has 2 fully saturated rings. The van der Waals surface area contributed by atoms with Crippen LogP contribution in [0.25, 0.3) is 0 Å². The van der Waals surface area contributed by atoms with Gasteiger partial charge in [0.1, 0.15) is 0 Å². The van der Waals surface area contributed by atoms with E-state index < -0.39 is 0 Å². The zero-order valence-electron chi connectivity index (χ0n) is 9.75. The van der Waals surface area contributed by atoms with E-state index in [0.29, 0.717) is 12.0 Å². The summed E-state index contributed by atoms with van der Waals surface area (Å²) in [5.74, 6) is 0.572. The van der Waals surface area contributed by atoms with Crippen LogP contribution < -0.4 is 5.32 Å². The Kier molecular flexibility index (Phi) is 4.45. The monoisotopic (exact) mass is 211 g/mol. The van der Waals surface area contributed by atoms with E-state index in [-0.39, 0.29) is 6.10 Å². The average Bonchev–Trinajstić information content (AvgIpc) is 2.46. The smallest absolute Gasteiger partial charge is 0.0569 e. The maximum Gasteiger partial charge on any atom is 0.0569 e. The van der Waals surface area contributed by atoms with E-state index in [1.165, 1.54) is 57.9 Å². The SMILES string of the molecule is O[C@@H]1CCCCC[C@H]1C[C@H]1CCCCN1. The van der Waals surface area contributed by atoms with Crippen LogP contribution in [-0.2, 0) is 0 Å². The first-order chi connectivity index (χ1) is 7.36. The van der Waals surface area contributed by atoms with Crippen LogP contribution in [-0.4, -0.2) is 23.8 Å². The van der Waals surface area contributed by atoms with Gasteiger partial charge in [0, 0.05) is 6.04 Å². The van der Waals surface area contributed by atoms with Crippen molar-refractivity contribution in [1.82, 2.24) is 5.32 Å². The van der Waals surface area contributed by atoms with Gasteiger partial charge in [-0.05, 0) is 44.6 Å². The molecule has 0 unspecified atom stereocenters. The molecular formula is C13H25NO. The molecule has 2 N–H and O–H groups in total. The van der Waals surface area contributed by atoms with E-state index >= 15 is 0 Å². The zero-order chi connectivity index (χ0) is 10.5. The highest BCUT2D eigenvalue weighted by Crippen LogP contribution is 2.28. The largest absolute Gasteiger partial charge is 0.393 e. The van der Waals surface area contributed by atoms with Gasteiger partial charge in [-0.1, -0.05) is 25.7 Å². The third kappa shape index (κ3) is 3.46. The normalized spacial score (nSPS) is 38.6. The van der Waals surface area contributed by atoms with Crippen molar-refractivity contribution in [1.29, 1.82) is 0 Å². The molecule has 2 aliphatic rings. The van der Waals surface area contributed by atoms with E-state index in [1.807, 2.05) is 0 Å². The van der Waals surface area contributed by atoms with Crippen molar-refractivity contribution in [3.63, 3.8) is 0 Å². The topological polar surface area (TPSA) is 32.3 Å². The molecular weight excluding hydrogens is 186 g/mol. The number of aliphatic hydroxyl groups excluding tert-OH is 1. The van der Waals surface area contributed by atoms with Crippen molar-refractivity contribution in [2.45, 2.75) is 69.9 Å². The molecule has 88 valence electrons. The third-order valence-corrected chi connectivity index (χ3v) is 4.12. The molecule has 2 nitrogen and oxygen atoms in total. The molecule has 0 aromatic carbocycles. The zero-order valence-corrected chi connectivity index (χ0v) is 9.75. The molecule has 2 rings (SSSR count). The van der Waals surface area contributed by atoms with Crippen LogP contribution in [0, 0.1) is 5.92 Å². The first kappa shape index (κ1) is 11.4. The number of aliphatic hydroxyl groups is 1. The fourth-order valence-electron chi connectivity index (χ4n) is 3.13. The van der Waals surface area contributed by atoms with E-state index in [9.17, 15) is 5.11 Å². The first-order valence-electron chi connectivity index (χ1n) is 6.78. The van der Waals surface area contributed by atoms with E-state index in [4.69, 9.17) is 0 Å². The lowest BCUT2D eigenvalue weighted by atomic mass is 9.87. The predicted octanol–water partition coefficient (Wildman–Crippen LogP) is 2.46. The quantitative estimate of drug-likeness (QED) is 0.688. The first-order valence-corrected chi connectivity index (χ1v) is 6.78. The molecule has 1 heterocycles. The molecule has 2 heteroatoms. The second-order valence-electron chi connectivity index (χ2n) is 5.35. The molecule has 0 spiro atoms. The Morgan fingerprint density at radius 1 is 0.933 bits per heavy atom. The fourth-order valence-corrected chi connectivity index (χ4v) is 3.13. The lowest BCUT2D eigenvalue weighted by Gasteiger charge is -2.29. The highest BCUT2D eigenvalue weighted by Gasteiger charge is 2.25. The van der Waals surface area contributed by atoms with Gasteiger partial charge in [0.25, 0.3) is 0 Å². The Morgan fingerprint density at radius 3 is 2.53 bits per heavy atom. The van der Waals surface area contributed by atoms with Gasteiger partial charge in [-0.15, -0.1) is 0 Å². The summed E-state index contributed by atoms with van der Waals surface area (Å²) < 4.78 is 0. The molecule has 1 saturated carbocycles. The predicted molar refractivity (Wildman–Crippen MR) is 62.8 cm³/mol. The Bertz CT molecular complexity index is 177. The Hall–Kier alpha value is -0.0800. The minimum Gasteiger partial charge on any atom is -0.393 e. The van der Waals surface area contributed by atoms with Crippen LogP contribution in [0.15, 0.2) is 0 Å². The van der Waals surface area contributed by atoms with Crippen molar-refractivity contribution in [2.75, 3.05) is 6.54 Å². The van der Waals surface area contributed by atoms with Crippen molar-refractivity contribution in [3.8, 4) is 0 Å². The van der Waals surface area contributed by atoms with Crippen LogP contribution in [0.4, 0.5) is 0 Å². The Balaban J connectivity index is 1.79. The molecule has 0 radical (unpaired) electrons. The fraction of sp³-hybridized carbons (Fsp3) is 1.00. The van der Waals surface area contributed by atoms with Crippen molar-refractivity contribution < 1.29 is 5.11 Å². The van der Waals surface area contributed by atoms with Crippen LogP contribution in [0.2, 0.25) is 0 Å². The average molecular weight is 211 g/mol. The summed E-state index contributed by atoms with van der Waals surface area (Å²) in [6, 6.07) is 0.691. The molecule has 0 bridgehead atoms. The van der Waals surface area contributed by atoms with E-state index in [2.05, 4.69) is 5.32 Å². The Labute approximate surface area is 93.5 Å². The summed E-state index contributed by atoms with van der Waals surface area (Å²) in [4.78, 5) is 0. The molecule has 1 saturated heterocycles. The van der Waals surface area contributed by atoms with Crippen molar-refractivity contribution in [2.24, 2.45) is 5.92 Å². The minimum atomic E-state index is -0.0174.